The third kappa shape index (κ3) is 3.68. The molecular weight excluding hydrogens is 462 g/mol. The Morgan fingerprint density at radius 3 is 2.66 bits per heavy atom. The van der Waals surface area contributed by atoms with Gasteiger partial charge in [0.25, 0.3) is 0 Å². The topological polar surface area (TPSA) is 129 Å². The molecule has 2 N–H and O–H groups in total. The maximum absolute atomic E-state index is 11.6. The molecule has 0 radical (unpaired) electrons. The number of nitriles is 1. The van der Waals surface area contributed by atoms with Crippen molar-refractivity contribution in [2.75, 3.05) is 19.5 Å². The third-order valence-electron chi connectivity index (χ3n) is 7.32. The Bertz CT molecular complexity index is 1440. The van der Waals surface area contributed by atoms with E-state index in [0.717, 1.165) is 77.4 Å². The molecule has 6 rings (SSSR count). The Balaban J connectivity index is 0.00000124. The van der Waals surface area contributed by atoms with Crippen LogP contribution in [0.15, 0.2) is 36.7 Å². The number of aromatic nitrogens is 5. The van der Waals surface area contributed by atoms with Gasteiger partial charge in [0.1, 0.15) is 17.4 Å². The lowest BCUT2D eigenvalue weighted by atomic mass is 9.83. The predicted molar refractivity (Wildman–Crippen MR) is 133 cm³/mol. The summed E-state index contributed by atoms with van der Waals surface area (Å²) in [6, 6.07) is 9.78. The van der Waals surface area contributed by atoms with Crippen molar-refractivity contribution in [1.29, 1.82) is 5.26 Å². The van der Waals surface area contributed by atoms with Gasteiger partial charge in [-0.1, -0.05) is 11.3 Å². The van der Waals surface area contributed by atoms with Gasteiger partial charge in [-0.05, 0) is 56.4 Å². The molecule has 4 aromatic heterocycles. The maximum Gasteiger partial charge on any atom is 0.151 e. The number of hydrogen-bond donors (Lipinski definition) is 2. The van der Waals surface area contributed by atoms with Gasteiger partial charge in [0.05, 0.1) is 34.2 Å². The van der Waals surface area contributed by atoms with Gasteiger partial charge in [-0.15, -0.1) is 10.2 Å². The van der Waals surface area contributed by atoms with E-state index in [2.05, 4.69) is 26.7 Å². The molecule has 0 aliphatic heterocycles. The number of nitrogens with zero attached hydrogens (tertiary/aromatic N) is 6. The van der Waals surface area contributed by atoms with Gasteiger partial charge in [-0.3, -0.25) is 4.98 Å². The summed E-state index contributed by atoms with van der Waals surface area (Å²) >= 11 is 1.62. The standard InChI is InChI=1S/C24H21N7OS.CH4O/c1-26-18-9-19(20-3-2-16-8-15(10-25)11-28-31(16)20)27-12-17(18)21-29-30-22(33-21)24-6-4-23(13-24,14-32)5-7-24;1-2/h2-3,8-9,11-12,14H,4-7,13H2,1H3,(H,26,27);2H,1H3. The molecule has 0 spiro atoms. The fourth-order valence-electron chi connectivity index (χ4n) is 5.48. The molecule has 2 aliphatic rings. The largest absolute Gasteiger partial charge is 0.400 e. The van der Waals surface area contributed by atoms with Crippen molar-refractivity contribution in [2.24, 2.45) is 5.41 Å². The number of carbonyl (C=O) groups excluding carboxylic acids is 1. The highest BCUT2D eigenvalue weighted by molar-refractivity contribution is 7.14. The Labute approximate surface area is 206 Å². The number of nitrogens with one attached hydrogen (secondary N) is 1. The van der Waals surface area contributed by atoms with Crippen molar-refractivity contribution in [3.8, 4) is 28.0 Å². The zero-order valence-corrected chi connectivity index (χ0v) is 20.3. The van der Waals surface area contributed by atoms with Crippen LogP contribution in [0.4, 0.5) is 5.69 Å². The second-order valence-electron chi connectivity index (χ2n) is 9.13. The van der Waals surface area contributed by atoms with Gasteiger partial charge in [0.2, 0.25) is 0 Å². The molecule has 0 atom stereocenters. The first-order valence-corrected chi connectivity index (χ1v) is 12.2. The van der Waals surface area contributed by atoms with Crippen LogP contribution in [0, 0.1) is 16.7 Å². The van der Waals surface area contributed by atoms with Crippen molar-refractivity contribution in [2.45, 2.75) is 37.5 Å². The SMILES string of the molecule is CNc1cc(-c2ccc3cc(C#N)cnn23)ncc1-c1nnc(C23CCC(C=O)(CC2)C3)s1.CO. The zero-order valence-electron chi connectivity index (χ0n) is 19.5. The molecule has 178 valence electrons. The monoisotopic (exact) mass is 487 g/mol. The number of aliphatic hydroxyl groups excluding tert-OH is 1. The second kappa shape index (κ2) is 8.83. The number of pyridine rings is 1. The molecule has 2 bridgehead atoms. The fourth-order valence-corrected chi connectivity index (χ4v) is 6.59. The number of fused-ring (bicyclic) bond motifs is 3. The fraction of sp³-hybridized carbons (Fsp3) is 0.360. The van der Waals surface area contributed by atoms with Crippen molar-refractivity contribution in [3.05, 3.63) is 47.2 Å². The molecule has 4 heterocycles. The summed E-state index contributed by atoms with van der Waals surface area (Å²) < 4.78 is 1.78. The Morgan fingerprint density at radius 2 is 1.97 bits per heavy atom. The third-order valence-corrected chi connectivity index (χ3v) is 8.52. The zero-order chi connectivity index (χ0) is 24.6. The van der Waals surface area contributed by atoms with E-state index >= 15 is 0 Å². The number of carbonyl (C=O) groups is 1. The molecule has 2 fully saturated rings. The van der Waals surface area contributed by atoms with Gasteiger partial charge in [-0.25, -0.2) is 4.52 Å². The average molecular weight is 488 g/mol. The minimum Gasteiger partial charge on any atom is -0.400 e. The maximum atomic E-state index is 11.6. The quantitative estimate of drug-likeness (QED) is 0.406. The summed E-state index contributed by atoms with van der Waals surface area (Å²) in [6.45, 7) is 0. The first kappa shape index (κ1) is 23.1. The van der Waals surface area contributed by atoms with Crippen molar-refractivity contribution < 1.29 is 9.90 Å². The molecule has 0 amide bonds. The number of hydrogen-bond acceptors (Lipinski definition) is 9. The van der Waals surface area contributed by atoms with E-state index in [1.807, 2.05) is 31.4 Å². The molecule has 35 heavy (non-hydrogen) atoms. The van der Waals surface area contributed by atoms with Gasteiger partial charge in [-0.2, -0.15) is 10.4 Å². The first-order chi connectivity index (χ1) is 17.1. The second-order valence-corrected chi connectivity index (χ2v) is 10.1. The highest BCUT2D eigenvalue weighted by Crippen LogP contribution is 2.62. The summed E-state index contributed by atoms with van der Waals surface area (Å²) in [7, 11) is 2.88. The van der Waals surface area contributed by atoms with Crippen molar-refractivity contribution >= 4 is 28.8 Å². The first-order valence-electron chi connectivity index (χ1n) is 11.4. The van der Waals surface area contributed by atoms with Crippen LogP contribution in [0.25, 0.3) is 27.5 Å². The number of aldehydes is 1. The molecule has 10 heteroatoms. The molecular formula is C25H25N7O2S. The van der Waals surface area contributed by atoms with Crippen LogP contribution in [0.2, 0.25) is 0 Å². The highest BCUT2D eigenvalue weighted by Gasteiger charge is 2.56. The summed E-state index contributed by atoms with van der Waals surface area (Å²) in [6.07, 6.45) is 9.39. The van der Waals surface area contributed by atoms with E-state index in [1.165, 1.54) is 6.29 Å². The minimum absolute atomic E-state index is 0.00277. The van der Waals surface area contributed by atoms with Crippen LogP contribution in [-0.2, 0) is 10.2 Å². The van der Waals surface area contributed by atoms with E-state index in [-0.39, 0.29) is 10.8 Å². The average Bonchev–Trinajstić information content (AvgIpc) is 3.71. The van der Waals surface area contributed by atoms with E-state index < -0.39 is 0 Å². The van der Waals surface area contributed by atoms with Crippen LogP contribution in [0.1, 0.15) is 42.7 Å². The van der Waals surface area contributed by atoms with Crippen molar-refractivity contribution in [3.63, 3.8) is 0 Å². The Hall–Kier alpha value is -3.68. The summed E-state index contributed by atoms with van der Waals surface area (Å²) in [5.41, 5.74) is 4.64. The predicted octanol–water partition coefficient (Wildman–Crippen LogP) is 3.84. The van der Waals surface area contributed by atoms with Gasteiger partial charge in [0.15, 0.2) is 5.01 Å². The molecule has 2 aliphatic carbocycles. The van der Waals surface area contributed by atoms with Gasteiger partial charge < -0.3 is 15.2 Å². The van der Waals surface area contributed by atoms with Crippen LogP contribution in [0.3, 0.4) is 0 Å². The lowest BCUT2D eigenvalue weighted by molar-refractivity contribution is -0.115. The lowest BCUT2D eigenvalue weighted by Gasteiger charge is -2.23. The summed E-state index contributed by atoms with van der Waals surface area (Å²) in [5, 5.41) is 34.7. The molecule has 4 aromatic rings. The molecule has 0 unspecified atom stereocenters. The number of aliphatic hydroxyl groups is 1. The highest BCUT2D eigenvalue weighted by atomic mass is 32.1. The van der Waals surface area contributed by atoms with Crippen LogP contribution < -0.4 is 5.32 Å². The normalized spacial score (nSPS) is 22.5. The van der Waals surface area contributed by atoms with Crippen LogP contribution >= 0.6 is 11.3 Å². The van der Waals surface area contributed by atoms with E-state index in [9.17, 15) is 4.79 Å². The smallest absolute Gasteiger partial charge is 0.151 e. The van der Waals surface area contributed by atoms with E-state index in [1.54, 1.807) is 28.1 Å². The molecule has 9 nitrogen and oxygen atoms in total. The van der Waals surface area contributed by atoms with Gasteiger partial charge in [0, 0.05) is 36.9 Å². The van der Waals surface area contributed by atoms with E-state index in [4.69, 9.17) is 15.4 Å². The van der Waals surface area contributed by atoms with Gasteiger partial charge >= 0.3 is 0 Å². The van der Waals surface area contributed by atoms with Crippen molar-refractivity contribution in [1.82, 2.24) is 24.8 Å². The van der Waals surface area contributed by atoms with E-state index in [0.29, 0.717) is 5.56 Å². The lowest BCUT2D eigenvalue weighted by Crippen LogP contribution is -2.19. The molecule has 0 saturated heterocycles. The van der Waals surface area contributed by atoms with Crippen LogP contribution in [-0.4, -0.2) is 50.3 Å². The Kier molecular flexibility index (Phi) is 5.83. The molecule has 2 saturated carbocycles. The Morgan fingerprint density at radius 1 is 1.17 bits per heavy atom. The summed E-state index contributed by atoms with van der Waals surface area (Å²) in [5.74, 6) is 0. The molecule has 0 aromatic carbocycles. The summed E-state index contributed by atoms with van der Waals surface area (Å²) in [4.78, 5) is 16.3. The number of rotatable bonds is 5. The minimum atomic E-state index is -0.146. The number of anilines is 1. The van der Waals surface area contributed by atoms with Crippen LogP contribution in [0.5, 0.6) is 0 Å².